The quantitative estimate of drug-likeness (QED) is 0.867. The van der Waals surface area contributed by atoms with Crippen LogP contribution in [-0.2, 0) is 12.8 Å². The summed E-state index contributed by atoms with van der Waals surface area (Å²) in [5, 5.41) is 10.4. The zero-order valence-corrected chi connectivity index (χ0v) is 13.3. The van der Waals surface area contributed by atoms with E-state index in [1.165, 1.54) is 23.2 Å². The molecule has 0 amide bonds. The fourth-order valence-corrected chi connectivity index (χ4v) is 3.82. The van der Waals surface area contributed by atoms with Crippen LogP contribution in [0, 0.1) is 0 Å². The van der Waals surface area contributed by atoms with Crippen LogP contribution in [0.4, 0.5) is 5.69 Å². The Bertz CT molecular complexity index is 846. The number of anilines is 1. The van der Waals surface area contributed by atoms with Gasteiger partial charge in [0.15, 0.2) is 0 Å². The van der Waals surface area contributed by atoms with Gasteiger partial charge in [-0.05, 0) is 56.4 Å². The lowest BCUT2D eigenvalue weighted by molar-refractivity contribution is 0.245. The van der Waals surface area contributed by atoms with Crippen LogP contribution in [0.5, 0.6) is 0 Å². The van der Waals surface area contributed by atoms with Gasteiger partial charge in [0.25, 0.3) is 0 Å². The average molecular weight is 311 g/mol. The fraction of sp³-hybridized carbons (Fsp3) is 0.421. The molecule has 0 aliphatic carbocycles. The highest BCUT2D eigenvalue weighted by atomic mass is 16.4. The minimum Gasteiger partial charge on any atom is -0.422 e. The summed E-state index contributed by atoms with van der Waals surface area (Å²) in [6.45, 7) is 3.87. The molecule has 3 heterocycles. The lowest BCUT2D eigenvalue weighted by Crippen LogP contribution is -2.34. The number of aliphatic hydroxyl groups is 1. The SMILES string of the molecule is CC(O)/C=C/c1cc2cc3c4c(c2oc1=O)CCCN4CCC3. The highest BCUT2D eigenvalue weighted by molar-refractivity contribution is 5.89. The maximum Gasteiger partial charge on any atom is 0.343 e. The molecule has 1 N–H and O–H groups in total. The highest BCUT2D eigenvalue weighted by Crippen LogP contribution is 2.39. The molecule has 0 saturated carbocycles. The summed E-state index contributed by atoms with van der Waals surface area (Å²) in [6, 6.07) is 4.07. The molecule has 120 valence electrons. The van der Waals surface area contributed by atoms with Crippen LogP contribution >= 0.6 is 0 Å². The Morgan fingerprint density at radius 3 is 2.83 bits per heavy atom. The molecule has 4 nitrogen and oxygen atoms in total. The molecule has 0 fully saturated rings. The molecule has 1 aromatic heterocycles. The minimum absolute atomic E-state index is 0.335. The number of fused-ring (bicyclic) bond motifs is 2. The van der Waals surface area contributed by atoms with Crippen molar-refractivity contribution in [1.29, 1.82) is 0 Å². The Morgan fingerprint density at radius 1 is 1.26 bits per heavy atom. The molecule has 1 unspecified atom stereocenters. The second-order valence-corrected chi connectivity index (χ2v) is 6.56. The fourth-order valence-electron chi connectivity index (χ4n) is 3.82. The molecule has 2 aliphatic heterocycles. The molecule has 2 aliphatic rings. The van der Waals surface area contributed by atoms with E-state index in [0.717, 1.165) is 43.3 Å². The Kier molecular flexibility index (Phi) is 3.49. The normalized spacial score (nSPS) is 18.4. The van der Waals surface area contributed by atoms with Crippen LogP contribution in [0.3, 0.4) is 0 Å². The lowest BCUT2D eigenvalue weighted by atomic mass is 9.90. The predicted octanol–water partition coefficient (Wildman–Crippen LogP) is 2.89. The maximum atomic E-state index is 12.3. The molecule has 0 spiro atoms. The molecule has 1 atom stereocenters. The minimum atomic E-state index is -0.580. The van der Waals surface area contributed by atoms with Crippen LogP contribution in [0.1, 0.15) is 36.5 Å². The Labute approximate surface area is 135 Å². The molecule has 23 heavy (non-hydrogen) atoms. The van der Waals surface area contributed by atoms with Gasteiger partial charge < -0.3 is 14.4 Å². The summed E-state index contributed by atoms with van der Waals surface area (Å²) in [5.41, 5.74) is 4.79. The van der Waals surface area contributed by atoms with E-state index < -0.39 is 6.10 Å². The third-order valence-electron chi connectivity index (χ3n) is 4.80. The van der Waals surface area contributed by atoms with Gasteiger partial charge in [0.2, 0.25) is 0 Å². The number of aryl methyl sites for hydroxylation is 2. The van der Waals surface area contributed by atoms with Crippen LogP contribution < -0.4 is 10.5 Å². The van der Waals surface area contributed by atoms with Crippen LogP contribution in [0.15, 0.2) is 27.4 Å². The number of hydrogen-bond acceptors (Lipinski definition) is 4. The number of nitrogens with zero attached hydrogens (tertiary/aromatic N) is 1. The van der Waals surface area contributed by atoms with E-state index in [9.17, 15) is 9.90 Å². The molecular formula is C19H21NO3. The Hall–Kier alpha value is -2.07. The zero-order chi connectivity index (χ0) is 16.0. The van der Waals surface area contributed by atoms with E-state index in [1.807, 2.05) is 6.07 Å². The second-order valence-electron chi connectivity index (χ2n) is 6.56. The van der Waals surface area contributed by atoms with E-state index in [2.05, 4.69) is 11.0 Å². The van der Waals surface area contributed by atoms with Crippen molar-refractivity contribution in [2.45, 2.75) is 38.7 Å². The van der Waals surface area contributed by atoms with Gasteiger partial charge in [0, 0.05) is 29.7 Å². The molecule has 4 rings (SSSR count). The van der Waals surface area contributed by atoms with E-state index in [0.29, 0.717) is 5.56 Å². The Balaban J connectivity index is 1.94. The molecule has 0 bridgehead atoms. The average Bonchev–Trinajstić information content (AvgIpc) is 2.54. The van der Waals surface area contributed by atoms with E-state index in [4.69, 9.17) is 4.42 Å². The summed E-state index contributed by atoms with van der Waals surface area (Å²) in [5.74, 6) is 0. The standard InChI is InChI=1S/C19H21NO3/c1-12(21)6-7-14-11-15-10-13-4-2-8-20-9-3-5-16(17(13)20)18(15)23-19(14)22/h6-7,10-12,21H,2-5,8-9H2,1H3/b7-6+. The first kappa shape index (κ1) is 14.5. The summed E-state index contributed by atoms with van der Waals surface area (Å²) in [7, 11) is 0. The van der Waals surface area contributed by atoms with Crippen LogP contribution in [0.25, 0.3) is 17.0 Å². The van der Waals surface area contributed by atoms with Crippen molar-refractivity contribution in [2.75, 3.05) is 18.0 Å². The van der Waals surface area contributed by atoms with Gasteiger partial charge in [0.1, 0.15) is 5.58 Å². The van der Waals surface area contributed by atoms with E-state index in [1.54, 1.807) is 19.1 Å². The first-order chi connectivity index (χ1) is 11.1. The summed E-state index contributed by atoms with van der Waals surface area (Å²) < 4.78 is 5.68. The van der Waals surface area contributed by atoms with Gasteiger partial charge in [-0.3, -0.25) is 0 Å². The van der Waals surface area contributed by atoms with Crippen molar-refractivity contribution >= 4 is 22.7 Å². The largest absolute Gasteiger partial charge is 0.422 e. The molecule has 4 heteroatoms. The van der Waals surface area contributed by atoms with Crippen molar-refractivity contribution in [3.8, 4) is 0 Å². The smallest absolute Gasteiger partial charge is 0.343 e. The van der Waals surface area contributed by atoms with Crippen molar-refractivity contribution in [2.24, 2.45) is 0 Å². The van der Waals surface area contributed by atoms with Gasteiger partial charge in [-0.15, -0.1) is 0 Å². The third-order valence-corrected chi connectivity index (χ3v) is 4.80. The number of rotatable bonds is 2. The molecule has 0 saturated heterocycles. The topological polar surface area (TPSA) is 53.7 Å². The van der Waals surface area contributed by atoms with Crippen LogP contribution in [-0.4, -0.2) is 24.3 Å². The molecular weight excluding hydrogens is 290 g/mol. The Morgan fingerprint density at radius 2 is 2.04 bits per heavy atom. The summed E-state index contributed by atoms with van der Waals surface area (Å²) in [6.07, 6.45) is 7.02. The highest BCUT2D eigenvalue weighted by Gasteiger charge is 2.26. The number of hydrogen-bond donors (Lipinski definition) is 1. The number of benzene rings is 1. The van der Waals surface area contributed by atoms with Crippen molar-refractivity contribution < 1.29 is 9.52 Å². The summed E-state index contributed by atoms with van der Waals surface area (Å²) in [4.78, 5) is 14.7. The van der Waals surface area contributed by atoms with E-state index >= 15 is 0 Å². The third kappa shape index (κ3) is 2.47. The lowest BCUT2D eigenvalue weighted by Gasteiger charge is -2.37. The summed E-state index contributed by atoms with van der Waals surface area (Å²) >= 11 is 0. The van der Waals surface area contributed by atoms with E-state index in [-0.39, 0.29) is 5.63 Å². The first-order valence-corrected chi connectivity index (χ1v) is 8.37. The second kappa shape index (κ2) is 5.53. The van der Waals surface area contributed by atoms with Gasteiger partial charge in [-0.25, -0.2) is 4.79 Å². The zero-order valence-electron chi connectivity index (χ0n) is 13.3. The van der Waals surface area contributed by atoms with Crippen LogP contribution in [0.2, 0.25) is 0 Å². The van der Waals surface area contributed by atoms with Crippen molar-refractivity contribution in [1.82, 2.24) is 0 Å². The number of aliphatic hydroxyl groups excluding tert-OH is 1. The molecule has 2 aromatic rings. The predicted molar refractivity (Wildman–Crippen MR) is 92.1 cm³/mol. The van der Waals surface area contributed by atoms with Crippen molar-refractivity contribution in [3.05, 3.63) is 45.3 Å². The first-order valence-electron chi connectivity index (χ1n) is 8.37. The van der Waals surface area contributed by atoms with Gasteiger partial charge >= 0.3 is 5.63 Å². The maximum absolute atomic E-state index is 12.3. The van der Waals surface area contributed by atoms with Gasteiger partial charge in [-0.2, -0.15) is 0 Å². The molecule has 1 aromatic carbocycles. The van der Waals surface area contributed by atoms with Gasteiger partial charge in [-0.1, -0.05) is 6.08 Å². The van der Waals surface area contributed by atoms with Gasteiger partial charge in [0.05, 0.1) is 11.7 Å². The molecule has 0 radical (unpaired) electrons. The van der Waals surface area contributed by atoms with Crippen molar-refractivity contribution in [3.63, 3.8) is 0 Å². The monoisotopic (exact) mass is 311 g/mol.